The van der Waals surface area contributed by atoms with Crippen LogP contribution < -0.4 is 4.74 Å². The zero-order valence-corrected chi connectivity index (χ0v) is 12.1. The van der Waals surface area contributed by atoms with Gasteiger partial charge in [0.2, 0.25) is 0 Å². The van der Waals surface area contributed by atoms with Gasteiger partial charge in [0.15, 0.2) is 5.65 Å². The van der Waals surface area contributed by atoms with E-state index in [1.807, 2.05) is 30.3 Å². The molecule has 1 aliphatic rings. The van der Waals surface area contributed by atoms with E-state index < -0.39 is 0 Å². The fourth-order valence-electron chi connectivity index (χ4n) is 2.99. The van der Waals surface area contributed by atoms with Crippen LogP contribution in [0.1, 0.15) is 23.9 Å². The van der Waals surface area contributed by atoms with Gasteiger partial charge < -0.3 is 9.30 Å². The van der Waals surface area contributed by atoms with Gasteiger partial charge in [-0.15, -0.1) is 11.6 Å². The molecular weight excluding hydrogens is 286 g/mol. The molecule has 4 nitrogen and oxygen atoms in total. The lowest BCUT2D eigenvalue weighted by Crippen LogP contribution is -2.21. The third-order valence-corrected chi connectivity index (χ3v) is 4.12. The quantitative estimate of drug-likeness (QED) is 0.680. The molecule has 0 saturated heterocycles. The van der Waals surface area contributed by atoms with Crippen LogP contribution in [0.25, 0.3) is 11.2 Å². The molecule has 0 N–H and O–H groups in total. The first-order chi connectivity index (χ1) is 10.4. The Hall–Kier alpha value is -2.07. The Kier molecular flexibility index (Phi) is 3.04. The third kappa shape index (κ3) is 1.98. The van der Waals surface area contributed by atoms with Gasteiger partial charge in [-0.25, -0.2) is 9.97 Å². The molecule has 2 aromatic heterocycles. The first-order valence-electron chi connectivity index (χ1n) is 6.98. The molecule has 0 saturated carbocycles. The van der Waals surface area contributed by atoms with E-state index in [4.69, 9.17) is 16.3 Å². The molecule has 0 spiro atoms. The van der Waals surface area contributed by atoms with Crippen molar-refractivity contribution in [2.24, 2.45) is 0 Å². The predicted octanol–water partition coefficient (Wildman–Crippen LogP) is 3.54. The number of rotatable bonds is 2. The van der Waals surface area contributed by atoms with Crippen molar-refractivity contribution in [2.45, 2.75) is 18.3 Å². The molecule has 1 aromatic carbocycles. The molecule has 0 fully saturated rings. The van der Waals surface area contributed by atoms with Crippen LogP contribution >= 0.6 is 11.6 Å². The molecule has 0 radical (unpaired) electrons. The van der Waals surface area contributed by atoms with Gasteiger partial charge in [-0.3, -0.25) is 0 Å². The van der Waals surface area contributed by atoms with E-state index in [2.05, 4.69) is 20.6 Å². The van der Waals surface area contributed by atoms with Crippen LogP contribution in [0.4, 0.5) is 0 Å². The lowest BCUT2D eigenvalue weighted by molar-refractivity contribution is 0.256. The van der Waals surface area contributed by atoms with Gasteiger partial charge in [-0.1, -0.05) is 18.2 Å². The van der Waals surface area contributed by atoms with Crippen molar-refractivity contribution in [3.8, 4) is 5.75 Å². The van der Waals surface area contributed by atoms with Gasteiger partial charge in [-0.05, 0) is 18.2 Å². The number of imidazole rings is 1. The van der Waals surface area contributed by atoms with E-state index in [0.717, 1.165) is 29.2 Å². The molecular formula is C16H14ClN3O. The van der Waals surface area contributed by atoms with E-state index in [1.165, 1.54) is 5.56 Å². The number of nitrogens with zero attached hydrogens (tertiary/aromatic N) is 3. The van der Waals surface area contributed by atoms with Gasteiger partial charge in [0.1, 0.15) is 17.1 Å². The fourth-order valence-corrected chi connectivity index (χ4v) is 3.18. The summed E-state index contributed by atoms with van der Waals surface area (Å²) in [5.41, 5.74) is 2.94. The minimum Gasteiger partial charge on any atom is -0.493 e. The molecule has 0 aliphatic carbocycles. The van der Waals surface area contributed by atoms with Gasteiger partial charge in [0.05, 0.1) is 18.5 Å². The molecule has 4 rings (SSSR count). The fraction of sp³-hybridized carbons (Fsp3) is 0.250. The van der Waals surface area contributed by atoms with Gasteiger partial charge in [0.25, 0.3) is 0 Å². The summed E-state index contributed by atoms with van der Waals surface area (Å²) in [5.74, 6) is 2.16. The van der Waals surface area contributed by atoms with Crippen LogP contribution in [0, 0.1) is 0 Å². The summed E-state index contributed by atoms with van der Waals surface area (Å²) in [6, 6.07) is 12.2. The number of pyridine rings is 1. The van der Waals surface area contributed by atoms with Crippen LogP contribution in [0.2, 0.25) is 0 Å². The number of hydrogen-bond donors (Lipinski definition) is 0. The molecule has 0 amide bonds. The van der Waals surface area contributed by atoms with Gasteiger partial charge >= 0.3 is 0 Å². The molecule has 106 valence electrons. The van der Waals surface area contributed by atoms with Crippen molar-refractivity contribution in [2.75, 3.05) is 6.61 Å². The average molecular weight is 300 g/mol. The zero-order valence-electron chi connectivity index (χ0n) is 11.4. The standard InChI is InChI=1S/C16H14ClN3O/c17-10-15-19-12-5-3-8-18-16(12)20(15)13-7-9-21-14-6-2-1-4-11(13)14/h1-6,8,13H,7,9-10H2. The second-order valence-electron chi connectivity index (χ2n) is 5.07. The highest BCUT2D eigenvalue weighted by Crippen LogP contribution is 2.36. The molecule has 5 heteroatoms. The second-order valence-corrected chi connectivity index (χ2v) is 5.34. The van der Waals surface area contributed by atoms with Crippen molar-refractivity contribution in [3.63, 3.8) is 0 Å². The SMILES string of the molecule is ClCc1nc2cccnc2n1C1CCOc2ccccc21. The van der Waals surface area contributed by atoms with Crippen LogP contribution in [-0.4, -0.2) is 21.1 Å². The van der Waals surface area contributed by atoms with Crippen LogP contribution in [-0.2, 0) is 5.88 Å². The maximum atomic E-state index is 6.11. The Balaban J connectivity index is 1.95. The smallest absolute Gasteiger partial charge is 0.160 e. The maximum Gasteiger partial charge on any atom is 0.160 e. The number of hydrogen-bond acceptors (Lipinski definition) is 3. The molecule has 0 bridgehead atoms. The number of ether oxygens (including phenoxy) is 1. The molecule has 3 aromatic rings. The number of alkyl halides is 1. The van der Waals surface area contributed by atoms with Crippen molar-refractivity contribution in [3.05, 3.63) is 54.0 Å². The summed E-state index contributed by atoms with van der Waals surface area (Å²) in [5, 5.41) is 0. The number of aromatic nitrogens is 3. The zero-order chi connectivity index (χ0) is 14.2. The summed E-state index contributed by atoms with van der Waals surface area (Å²) in [4.78, 5) is 9.11. The molecule has 1 unspecified atom stereocenters. The van der Waals surface area contributed by atoms with Crippen LogP contribution in [0.15, 0.2) is 42.6 Å². The van der Waals surface area contributed by atoms with E-state index in [1.54, 1.807) is 6.20 Å². The molecule has 1 atom stereocenters. The normalized spacial score (nSPS) is 17.5. The van der Waals surface area contributed by atoms with Crippen molar-refractivity contribution in [1.29, 1.82) is 0 Å². The summed E-state index contributed by atoms with van der Waals surface area (Å²) < 4.78 is 7.91. The minimum atomic E-state index is 0.170. The Bertz CT molecular complexity index is 799. The van der Waals surface area contributed by atoms with Crippen molar-refractivity contribution < 1.29 is 4.74 Å². The number of halogens is 1. The lowest BCUT2D eigenvalue weighted by atomic mass is 10.0. The summed E-state index contributed by atoms with van der Waals surface area (Å²) in [6.45, 7) is 0.690. The summed E-state index contributed by atoms with van der Waals surface area (Å²) >= 11 is 6.11. The topological polar surface area (TPSA) is 39.9 Å². The molecule has 21 heavy (non-hydrogen) atoms. The first kappa shape index (κ1) is 12.7. The highest BCUT2D eigenvalue weighted by atomic mass is 35.5. The largest absolute Gasteiger partial charge is 0.493 e. The first-order valence-corrected chi connectivity index (χ1v) is 7.51. The minimum absolute atomic E-state index is 0.170. The summed E-state index contributed by atoms with van der Waals surface area (Å²) in [6.07, 6.45) is 2.69. The van der Waals surface area contributed by atoms with Gasteiger partial charge in [0, 0.05) is 18.2 Å². The number of para-hydroxylation sites is 1. The van der Waals surface area contributed by atoms with Crippen LogP contribution in [0.3, 0.4) is 0 Å². The molecule has 1 aliphatic heterocycles. The average Bonchev–Trinajstić information content (AvgIpc) is 2.92. The molecule has 3 heterocycles. The Morgan fingerprint density at radius 2 is 2.14 bits per heavy atom. The highest BCUT2D eigenvalue weighted by Gasteiger charge is 2.26. The van der Waals surface area contributed by atoms with Crippen LogP contribution in [0.5, 0.6) is 5.75 Å². The lowest BCUT2D eigenvalue weighted by Gasteiger charge is -2.28. The van der Waals surface area contributed by atoms with Crippen molar-refractivity contribution >= 4 is 22.8 Å². The van der Waals surface area contributed by atoms with E-state index in [0.29, 0.717) is 12.5 Å². The maximum absolute atomic E-state index is 6.11. The third-order valence-electron chi connectivity index (χ3n) is 3.88. The Morgan fingerprint density at radius 3 is 3.05 bits per heavy atom. The van der Waals surface area contributed by atoms with E-state index >= 15 is 0 Å². The summed E-state index contributed by atoms with van der Waals surface area (Å²) in [7, 11) is 0. The van der Waals surface area contributed by atoms with E-state index in [-0.39, 0.29) is 6.04 Å². The Morgan fingerprint density at radius 1 is 1.24 bits per heavy atom. The predicted molar refractivity (Wildman–Crippen MR) is 81.8 cm³/mol. The highest BCUT2D eigenvalue weighted by molar-refractivity contribution is 6.16. The van der Waals surface area contributed by atoms with Gasteiger partial charge in [-0.2, -0.15) is 0 Å². The van der Waals surface area contributed by atoms with E-state index in [9.17, 15) is 0 Å². The second kappa shape index (κ2) is 5.04. The van der Waals surface area contributed by atoms with Crippen molar-refractivity contribution in [1.82, 2.24) is 14.5 Å². The number of fused-ring (bicyclic) bond motifs is 2. The monoisotopic (exact) mass is 299 g/mol. The number of benzene rings is 1. The Labute approximate surface area is 127 Å².